The Morgan fingerprint density at radius 1 is 1.00 bits per heavy atom. The van der Waals surface area contributed by atoms with E-state index in [1.165, 1.54) is 12.1 Å². The largest absolute Gasteiger partial charge is 0.443 e. The molecule has 1 atom stereocenters. The van der Waals surface area contributed by atoms with Crippen molar-refractivity contribution in [3.8, 4) is 0 Å². The highest BCUT2D eigenvalue weighted by Gasteiger charge is 2.52. The maximum absolute atomic E-state index is 14.2. The molecule has 7 nitrogen and oxygen atoms in total. The summed E-state index contributed by atoms with van der Waals surface area (Å²) >= 11 is 0. The van der Waals surface area contributed by atoms with Gasteiger partial charge < -0.3 is 4.74 Å². The zero-order valence-corrected chi connectivity index (χ0v) is 24.0. The summed E-state index contributed by atoms with van der Waals surface area (Å²) in [6.07, 6.45) is 2.74. The lowest BCUT2D eigenvalue weighted by Crippen LogP contribution is -2.45. The molecule has 208 valence electrons. The smallest absolute Gasteiger partial charge is 0.421 e. The topological polar surface area (TPSA) is 92.8 Å². The minimum atomic E-state index is -3.83. The number of sulfonamides is 1. The number of fused-ring (bicyclic) bond motifs is 1. The van der Waals surface area contributed by atoms with Crippen LogP contribution < -0.4 is 9.62 Å². The first-order valence-corrected chi connectivity index (χ1v) is 14.5. The number of nitrogens with zero attached hydrogens (tertiary/aromatic N) is 1. The summed E-state index contributed by atoms with van der Waals surface area (Å²) in [7, 11) is -3.83. The van der Waals surface area contributed by atoms with Crippen LogP contribution in [0, 0.1) is 6.92 Å². The first kappa shape index (κ1) is 29.0. The highest BCUT2D eigenvalue weighted by atomic mass is 32.2. The van der Waals surface area contributed by atoms with Gasteiger partial charge in [-0.2, -0.15) is 0 Å². The molecule has 3 aromatic rings. The lowest BCUT2D eigenvalue weighted by Gasteiger charge is -2.27. The van der Waals surface area contributed by atoms with Crippen LogP contribution >= 0.6 is 0 Å². The fraction of sp³-hybridized carbons (Fsp3) is 0.250. The van der Waals surface area contributed by atoms with Crippen LogP contribution in [0.4, 0.5) is 10.5 Å². The molecule has 0 saturated heterocycles. The molecule has 3 aromatic carbocycles. The van der Waals surface area contributed by atoms with E-state index < -0.39 is 33.0 Å². The van der Waals surface area contributed by atoms with Crippen molar-refractivity contribution < 1.29 is 22.7 Å². The molecule has 0 bridgehead atoms. The number of nitrogens with one attached hydrogen (secondary N) is 1. The van der Waals surface area contributed by atoms with Gasteiger partial charge in [0.1, 0.15) is 5.60 Å². The van der Waals surface area contributed by atoms with Crippen molar-refractivity contribution in [2.24, 2.45) is 0 Å². The Balaban J connectivity index is 1.72. The molecule has 0 saturated carbocycles. The van der Waals surface area contributed by atoms with Crippen LogP contribution in [-0.4, -0.2) is 32.6 Å². The third-order valence-electron chi connectivity index (χ3n) is 6.64. The molecule has 1 N–H and O–H groups in total. The highest BCUT2D eigenvalue weighted by molar-refractivity contribution is 7.89. The van der Waals surface area contributed by atoms with E-state index in [1.807, 2.05) is 37.3 Å². The Morgan fingerprint density at radius 3 is 2.27 bits per heavy atom. The zero-order valence-electron chi connectivity index (χ0n) is 23.2. The monoisotopic (exact) mass is 558 g/mol. The summed E-state index contributed by atoms with van der Waals surface area (Å²) in [6.45, 7) is 11.2. The summed E-state index contributed by atoms with van der Waals surface area (Å²) in [4.78, 5) is 28.6. The molecule has 1 unspecified atom stereocenters. The molecule has 0 radical (unpaired) electrons. The van der Waals surface area contributed by atoms with Crippen LogP contribution in [-0.2, 0) is 25.0 Å². The minimum Gasteiger partial charge on any atom is -0.443 e. The quantitative estimate of drug-likeness (QED) is 0.335. The zero-order chi connectivity index (χ0) is 29.1. The summed E-state index contributed by atoms with van der Waals surface area (Å²) < 4.78 is 34.2. The molecule has 1 aliphatic rings. The summed E-state index contributed by atoms with van der Waals surface area (Å²) in [5, 5.41) is 0. The van der Waals surface area contributed by atoms with Crippen molar-refractivity contribution in [1.82, 2.24) is 4.72 Å². The Bertz CT molecular complexity index is 1550. The molecular weight excluding hydrogens is 524 g/mol. The van der Waals surface area contributed by atoms with Gasteiger partial charge in [0.05, 0.1) is 16.0 Å². The number of ether oxygens (including phenoxy) is 1. The average Bonchev–Trinajstić information content (AvgIpc) is 3.15. The van der Waals surface area contributed by atoms with Gasteiger partial charge in [-0.15, -0.1) is 0 Å². The van der Waals surface area contributed by atoms with Crippen LogP contribution in [0.3, 0.4) is 0 Å². The highest BCUT2D eigenvalue weighted by Crippen LogP contribution is 2.46. The number of carbonyl (C=O) groups excluding carboxylic acids is 2. The molecule has 0 spiro atoms. The fourth-order valence-electron chi connectivity index (χ4n) is 4.62. The van der Waals surface area contributed by atoms with E-state index in [0.717, 1.165) is 16.0 Å². The molecule has 8 heteroatoms. The van der Waals surface area contributed by atoms with E-state index in [0.29, 0.717) is 16.8 Å². The van der Waals surface area contributed by atoms with Gasteiger partial charge in [-0.3, -0.25) is 4.79 Å². The average molecular weight is 559 g/mol. The lowest BCUT2D eigenvalue weighted by atomic mass is 9.77. The minimum absolute atomic E-state index is 0.0550. The lowest BCUT2D eigenvalue weighted by molar-refractivity contribution is -0.121. The summed E-state index contributed by atoms with van der Waals surface area (Å²) in [5.41, 5.74) is 1.30. The first-order valence-electron chi connectivity index (χ1n) is 13.0. The Labute approximate surface area is 236 Å². The molecule has 0 aliphatic carbocycles. The van der Waals surface area contributed by atoms with Gasteiger partial charge in [-0.25, -0.2) is 22.8 Å². The number of allylic oxidation sites excluding steroid dienone is 2. The van der Waals surface area contributed by atoms with Crippen LogP contribution in [0.25, 0.3) is 5.57 Å². The number of benzene rings is 3. The van der Waals surface area contributed by atoms with E-state index in [1.54, 1.807) is 69.3 Å². The normalized spacial score (nSPS) is 17.2. The molecule has 0 aromatic heterocycles. The van der Waals surface area contributed by atoms with Gasteiger partial charge in [0.25, 0.3) is 5.91 Å². The Hall–Kier alpha value is -4.01. The molecule has 40 heavy (non-hydrogen) atoms. The second kappa shape index (κ2) is 11.2. The number of para-hydroxylation sites is 1. The van der Waals surface area contributed by atoms with Crippen LogP contribution in [0.2, 0.25) is 0 Å². The Kier molecular flexibility index (Phi) is 8.14. The SMILES string of the molecule is C=C(/C=C/C1(CCNS(=O)(=O)c2ccc(C)cc2)C(=O)N(C(=O)OC(C)(C)C)c2ccccc21)c1ccccc1. The standard InChI is InChI=1S/C32H34N2O5S/c1-23-15-17-26(18-16-23)40(37,38)33-22-21-32(20-19-24(2)25-11-7-6-8-12-25)27-13-9-10-14-28(27)34(29(32)35)30(36)39-31(3,4)5/h6-20,33H,2,21-22H2,1,3-5H3/b20-19+. The number of aryl methyl sites for hydroxylation is 1. The van der Waals surface area contributed by atoms with Crippen LogP contribution in [0.15, 0.2) is 102 Å². The molecule has 1 heterocycles. The van der Waals surface area contributed by atoms with Gasteiger partial charge in [-0.1, -0.05) is 85.0 Å². The molecule has 4 rings (SSSR count). The van der Waals surface area contributed by atoms with Crippen molar-refractivity contribution in [3.05, 3.63) is 114 Å². The first-order chi connectivity index (χ1) is 18.8. The number of imide groups is 1. The van der Waals surface area contributed by atoms with E-state index >= 15 is 0 Å². The predicted molar refractivity (Wildman–Crippen MR) is 157 cm³/mol. The number of amides is 2. The van der Waals surface area contributed by atoms with Crippen molar-refractivity contribution in [1.29, 1.82) is 0 Å². The number of rotatable bonds is 8. The van der Waals surface area contributed by atoms with E-state index in [2.05, 4.69) is 11.3 Å². The second-order valence-electron chi connectivity index (χ2n) is 10.8. The maximum Gasteiger partial charge on any atom is 0.421 e. The third kappa shape index (κ3) is 6.08. The van der Waals surface area contributed by atoms with Crippen LogP contribution in [0.1, 0.15) is 43.9 Å². The van der Waals surface area contributed by atoms with Gasteiger partial charge in [0, 0.05) is 6.54 Å². The van der Waals surface area contributed by atoms with Crippen molar-refractivity contribution in [2.75, 3.05) is 11.4 Å². The van der Waals surface area contributed by atoms with E-state index in [4.69, 9.17) is 4.74 Å². The number of anilines is 1. The van der Waals surface area contributed by atoms with Gasteiger partial charge >= 0.3 is 6.09 Å². The molecule has 1 aliphatic heterocycles. The van der Waals surface area contributed by atoms with Gasteiger partial charge in [-0.05, 0) is 69.0 Å². The van der Waals surface area contributed by atoms with Crippen molar-refractivity contribution in [2.45, 2.75) is 50.0 Å². The van der Waals surface area contributed by atoms with E-state index in [-0.39, 0.29) is 17.9 Å². The van der Waals surface area contributed by atoms with E-state index in [9.17, 15) is 18.0 Å². The second-order valence-corrected chi connectivity index (χ2v) is 12.6. The van der Waals surface area contributed by atoms with Crippen LogP contribution in [0.5, 0.6) is 0 Å². The summed E-state index contributed by atoms with van der Waals surface area (Å²) in [6, 6.07) is 23.0. The van der Waals surface area contributed by atoms with Gasteiger partial charge in [0.2, 0.25) is 10.0 Å². The third-order valence-corrected chi connectivity index (χ3v) is 8.12. The molecular formula is C32H34N2O5S. The molecule has 2 amide bonds. The number of hydrogen-bond acceptors (Lipinski definition) is 5. The predicted octanol–water partition coefficient (Wildman–Crippen LogP) is 6.15. The van der Waals surface area contributed by atoms with Crippen molar-refractivity contribution in [3.63, 3.8) is 0 Å². The number of hydrogen-bond donors (Lipinski definition) is 1. The Morgan fingerprint density at radius 2 is 1.62 bits per heavy atom. The summed E-state index contributed by atoms with van der Waals surface area (Å²) in [5.74, 6) is -0.519. The fourth-order valence-corrected chi connectivity index (χ4v) is 5.65. The molecule has 0 fully saturated rings. The van der Waals surface area contributed by atoms with Crippen molar-refractivity contribution >= 4 is 33.3 Å². The number of carbonyl (C=O) groups is 2. The maximum atomic E-state index is 14.2. The van der Waals surface area contributed by atoms with Gasteiger partial charge in [0.15, 0.2) is 0 Å².